The molecule has 7 rings (SSSR count). The molecule has 26 atom stereocenters. The Bertz CT molecular complexity index is 2300. The van der Waals surface area contributed by atoms with Gasteiger partial charge < -0.3 is 73.8 Å². The molecule has 3 saturated heterocycles. The lowest BCUT2D eigenvalue weighted by atomic mass is 9.44. The van der Waals surface area contributed by atoms with Crippen LogP contribution in [0.2, 0.25) is 0 Å². The van der Waals surface area contributed by atoms with Crippen molar-refractivity contribution < 1.29 is 92.5 Å². The second-order valence-corrected chi connectivity index (χ2v) is 26.4. The van der Waals surface area contributed by atoms with E-state index in [0.29, 0.717) is 31.3 Å². The number of ketones is 3. The number of fused-ring (bicyclic) bond motifs is 5. The fourth-order valence-electron chi connectivity index (χ4n) is 15.8. The number of aliphatic hydroxyl groups excluding tert-OH is 5. The zero-order valence-electron chi connectivity index (χ0n) is 50.5. The van der Waals surface area contributed by atoms with Gasteiger partial charge >= 0.3 is 5.97 Å². The molecule has 0 bridgehead atoms. The highest BCUT2D eigenvalue weighted by Crippen LogP contribution is 2.70. The van der Waals surface area contributed by atoms with Crippen LogP contribution in [0.25, 0.3) is 0 Å². The highest BCUT2D eigenvalue weighted by atomic mass is 19.1. The number of Topliss-reactive ketones (excluding diaryl/α,β-unsaturated/α-hetero) is 2. The standard InChI is InChI=1S/C38H69NO13.C22H29FO5/c1-15-26-38(10,45)31(42)21(4)28(40)19(2)17-37(9,47-14)33(52-35-29(41)25(39(11)12)16-20(3)48-35)22(5)30(23(6)34(44)50-26)51-27-18-36(8,46-13)32(43)24(7)49-27;1-12-8-16-15-5-4-13-9-14(25)6-7-19(13,2)21(15,23)17(26)10-20(16,3)22(12,28)18(27)11-24/h19-27,29-33,35,41-43,45H,15-18H2,1-14H3;6-7,9,12,15-17,24,26,28H,4-5,8,10-11H2,1-3H3/t19-,20-,21+,22+,23-,24+,25+,26-,27+,29-,30+,31-,32+,33-,35+,36-,37-,38-;12-,15+,16+,17+,19+,20+,21+,22+/m11/s1. The average Bonchev–Trinajstić information content (AvgIpc) is 2.77. The Labute approximate surface area is 473 Å². The molecule has 7 aliphatic rings. The molecule has 7 N–H and O–H groups in total. The summed E-state index contributed by atoms with van der Waals surface area (Å²) in [5.74, 6) is -6.59. The van der Waals surface area contributed by atoms with Crippen LogP contribution in [0.1, 0.15) is 141 Å². The quantitative estimate of drug-likeness (QED) is 0.150. The van der Waals surface area contributed by atoms with Crippen molar-refractivity contribution in [3.05, 3.63) is 23.8 Å². The van der Waals surface area contributed by atoms with E-state index in [1.54, 1.807) is 75.3 Å². The van der Waals surface area contributed by atoms with Crippen molar-refractivity contribution in [1.82, 2.24) is 4.90 Å². The van der Waals surface area contributed by atoms with Gasteiger partial charge in [-0.2, -0.15) is 0 Å². The molecule has 0 spiro atoms. The number of aliphatic hydroxyl groups is 7. The SMILES string of the molecule is CC[C@H]1OC(=O)[C@H](C)[C@@H](O[C@H]2C[C@@](C)(OC)[C@@H](O)[C@H](C)O2)[C@H](C)[C@@H](O[C@@H]2O[C@H](C)C[C@H](N(C)C)[C@H]2O)[C@](C)(OC)C[C@@H](C)C(=O)[C@H](C)[C@@H](O)[C@]1(C)O.C[C@@H]1C[C@H]2[C@@H]3CCC4=CC(=O)C=C[C@]4(C)[C@@]3(F)[C@@H](O)C[C@]2(C)[C@@]1(O)C(=O)CO. The van der Waals surface area contributed by atoms with Crippen molar-refractivity contribution in [1.29, 1.82) is 0 Å². The normalized spacial score (nSPS) is 50.2. The van der Waals surface area contributed by atoms with E-state index in [9.17, 15) is 54.9 Å². The maximum absolute atomic E-state index is 16.9. The monoisotopic (exact) mass is 1140 g/mol. The molecular formula is C60H98FNO18. The number of alkyl halides is 1. The summed E-state index contributed by atoms with van der Waals surface area (Å²) in [7, 11) is 6.77. The summed E-state index contributed by atoms with van der Waals surface area (Å²) in [5, 5.41) is 77.5. The summed E-state index contributed by atoms with van der Waals surface area (Å²) in [5.41, 5.74) is -9.41. The fourth-order valence-corrected chi connectivity index (χ4v) is 15.8. The van der Waals surface area contributed by atoms with Crippen LogP contribution < -0.4 is 0 Å². The van der Waals surface area contributed by atoms with Gasteiger partial charge in [-0.15, -0.1) is 0 Å². The molecule has 0 aromatic heterocycles. The van der Waals surface area contributed by atoms with Crippen LogP contribution in [0.15, 0.2) is 23.8 Å². The number of hydrogen-bond acceptors (Lipinski definition) is 19. The molecule has 3 saturated carbocycles. The predicted molar refractivity (Wildman–Crippen MR) is 291 cm³/mol. The Morgan fingerprint density at radius 3 is 2.02 bits per heavy atom. The zero-order chi connectivity index (χ0) is 60.4. The third-order valence-electron chi connectivity index (χ3n) is 21.1. The number of esters is 1. The van der Waals surface area contributed by atoms with Gasteiger partial charge in [0.2, 0.25) is 0 Å². The highest BCUT2D eigenvalue weighted by molar-refractivity contribution is 6.01. The summed E-state index contributed by atoms with van der Waals surface area (Å²) < 4.78 is 60.7. The van der Waals surface area contributed by atoms with Crippen LogP contribution in [0, 0.1) is 52.3 Å². The maximum Gasteiger partial charge on any atom is 0.311 e. The number of ether oxygens (including phenoxy) is 7. The number of nitrogens with zero attached hydrogens (tertiary/aromatic N) is 1. The molecule has 0 aromatic rings. The first kappa shape index (κ1) is 66.5. The molecule has 20 heteroatoms. The summed E-state index contributed by atoms with van der Waals surface area (Å²) in [4.78, 5) is 54.5. The number of halogens is 1. The minimum Gasteiger partial charge on any atom is -0.459 e. The van der Waals surface area contributed by atoms with Crippen molar-refractivity contribution in [3.63, 3.8) is 0 Å². The van der Waals surface area contributed by atoms with E-state index in [1.807, 2.05) is 32.8 Å². The van der Waals surface area contributed by atoms with E-state index in [-0.39, 0.29) is 55.3 Å². The summed E-state index contributed by atoms with van der Waals surface area (Å²) in [6.07, 6.45) is -4.29. The zero-order valence-corrected chi connectivity index (χ0v) is 50.5. The van der Waals surface area contributed by atoms with E-state index in [4.69, 9.17) is 33.2 Å². The number of likely N-dealkylation sites (N-methyl/N-ethyl adjacent to an activating group) is 1. The first-order chi connectivity index (χ1) is 36.9. The number of cyclic esters (lactones) is 1. The Balaban J connectivity index is 0.000000307. The largest absolute Gasteiger partial charge is 0.459 e. The molecular weight excluding hydrogens is 1040 g/mol. The van der Waals surface area contributed by atoms with E-state index in [1.165, 1.54) is 33.3 Å². The van der Waals surface area contributed by atoms with Gasteiger partial charge in [-0.1, -0.05) is 53.2 Å². The average molecular weight is 1140 g/mol. The van der Waals surface area contributed by atoms with Crippen molar-refractivity contribution >= 4 is 23.3 Å². The number of carbonyl (C=O) groups is 4. The lowest BCUT2D eigenvalue weighted by Gasteiger charge is -2.62. The lowest BCUT2D eigenvalue weighted by molar-refractivity contribution is -0.319. The van der Waals surface area contributed by atoms with Crippen molar-refractivity contribution in [3.8, 4) is 0 Å². The molecule has 6 fully saturated rings. The van der Waals surface area contributed by atoms with E-state index in [0.717, 1.165) is 0 Å². The molecule has 458 valence electrons. The van der Waals surface area contributed by atoms with E-state index in [2.05, 4.69) is 0 Å². The first-order valence-electron chi connectivity index (χ1n) is 29.0. The topological polar surface area (TPSA) is 278 Å². The van der Waals surface area contributed by atoms with Crippen LogP contribution in [0.4, 0.5) is 4.39 Å². The number of carbonyl (C=O) groups excluding carboxylic acids is 4. The van der Waals surface area contributed by atoms with Gasteiger partial charge in [-0.25, -0.2) is 4.39 Å². The van der Waals surface area contributed by atoms with Gasteiger partial charge in [0.15, 0.2) is 29.8 Å². The smallest absolute Gasteiger partial charge is 0.311 e. The Hall–Kier alpha value is -2.67. The predicted octanol–water partition coefficient (Wildman–Crippen LogP) is 4.34. The van der Waals surface area contributed by atoms with Crippen LogP contribution in [-0.4, -0.2) is 201 Å². The minimum atomic E-state index is -1.98. The van der Waals surface area contributed by atoms with Gasteiger partial charge in [-0.3, -0.25) is 19.2 Å². The molecule has 19 nitrogen and oxygen atoms in total. The van der Waals surface area contributed by atoms with Gasteiger partial charge in [0.25, 0.3) is 0 Å². The number of allylic oxidation sites excluding steroid dienone is 4. The van der Waals surface area contributed by atoms with Crippen molar-refractivity contribution in [2.24, 2.45) is 52.3 Å². The molecule has 3 aliphatic heterocycles. The summed E-state index contributed by atoms with van der Waals surface area (Å²) in [6, 6.07) is -0.283. The van der Waals surface area contributed by atoms with Gasteiger partial charge in [0.1, 0.15) is 41.9 Å². The molecule has 80 heavy (non-hydrogen) atoms. The van der Waals surface area contributed by atoms with E-state index >= 15 is 4.39 Å². The van der Waals surface area contributed by atoms with E-state index < -0.39 is 154 Å². The van der Waals surface area contributed by atoms with Crippen LogP contribution in [-0.2, 0) is 52.3 Å². The van der Waals surface area contributed by atoms with Gasteiger partial charge in [0, 0.05) is 61.2 Å². The minimum absolute atomic E-state index is 0.0676. The third kappa shape index (κ3) is 11.4. The molecule has 0 radical (unpaired) electrons. The summed E-state index contributed by atoms with van der Waals surface area (Å²) >= 11 is 0. The maximum atomic E-state index is 16.9. The Morgan fingerprint density at radius 2 is 1.45 bits per heavy atom. The Morgan fingerprint density at radius 1 is 0.825 bits per heavy atom. The number of hydrogen-bond donors (Lipinski definition) is 7. The molecule has 4 aliphatic carbocycles. The van der Waals surface area contributed by atoms with Crippen molar-refractivity contribution in [2.75, 3.05) is 34.9 Å². The lowest BCUT2D eigenvalue weighted by Crippen LogP contribution is -2.69. The summed E-state index contributed by atoms with van der Waals surface area (Å²) in [6.45, 7) is 21.5. The van der Waals surface area contributed by atoms with Gasteiger partial charge in [0.05, 0.1) is 53.7 Å². The second-order valence-electron chi connectivity index (χ2n) is 26.4. The molecule has 3 heterocycles. The first-order valence-corrected chi connectivity index (χ1v) is 29.0. The molecule has 0 aromatic carbocycles. The van der Waals surface area contributed by atoms with Crippen LogP contribution >= 0.6 is 0 Å². The van der Waals surface area contributed by atoms with Crippen molar-refractivity contribution in [2.45, 2.75) is 243 Å². The number of methoxy groups -OCH3 is 2. The Kier molecular flexibility index (Phi) is 20.2. The fraction of sp³-hybridized carbons (Fsp3) is 0.867. The molecule has 0 amide bonds. The highest BCUT2D eigenvalue weighted by Gasteiger charge is 2.75. The van der Waals surface area contributed by atoms with Crippen LogP contribution in [0.5, 0.6) is 0 Å². The molecule has 0 unspecified atom stereocenters. The number of rotatable bonds is 10. The van der Waals surface area contributed by atoms with Crippen LogP contribution in [0.3, 0.4) is 0 Å². The second kappa shape index (κ2) is 24.4. The van der Waals surface area contributed by atoms with Gasteiger partial charge in [-0.05, 0) is 131 Å². The third-order valence-corrected chi connectivity index (χ3v) is 21.1.